The summed E-state index contributed by atoms with van der Waals surface area (Å²) in [7, 11) is 3.41. The van der Waals surface area contributed by atoms with Crippen LogP contribution < -0.4 is 5.32 Å². The lowest BCUT2D eigenvalue weighted by Gasteiger charge is -2.19. The number of likely N-dealkylation sites (N-methyl/N-ethyl adjacent to an activating group) is 1. The summed E-state index contributed by atoms with van der Waals surface area (Å²) < 4.78 is 5.01. The third-order valence-corrected chi connectivity index (χ3v) is 2.49. The zero-order valence-corrected chi connectivity index (χ0v) is 10.4. The number of ketones is 1. The summed E-state index contributed by atoms with van der Waals surface area (Å²) in [6, 6.07) is 3.32. The maximum Gasteiger partial charge on any atom is 0.223 e. The summed E-state index contributed by atoms with van der Waals surface area (Å²) in [5.41, 5.74) is 0. The molecule has 17 heavy (non-hydrogen) atoms. The maximum absolute atomic E-state index is 11.7. The molecule has 1 N–H and O–H groups in total. The molecule has 0 bridgehead atoms. The molecular formula is C12H18N2O3. The van der Waals surface area contributed by atoms with Crippen molar-refractivity contribution >= 4 is 11.7 Å². The van der Waals surface area contributed by atoms with Gasteiger partial charge in [-0.3, -0.25) is 14.5 Å². The van der Waals surface area contributed by atoms with Gasteiger partial charge in [0.15, 0.2) is 5.76 Å². The summed E-state index contributed by atoms with van der Waals surface area (Å²) in [5.74, 6) is 0.0998. The number of Topliss-reactive ketones (excluding diaryl/α,β-unsaturated/α-hetero) is 1. The average Bonchev–Trinajstić information content (AvgIpc) is 2.80. The van der Waals surface area contributed by atoms with E-state index in [1.807, 2.05) is 11.8 Å². The Hall–Kier alpha value is -1.62. The van der Waals surface area contributed by atoms with Crippen molar-refractivity contribution in [3.05, 3.63) is 24.2 Å². The number of nitrogens with zero attached hydrogens (tertiary/aromatic N) is 1. The molecule has 5 nitrogen and oxygen atoms in total. The molecule has 1 rings (SSSR count). The van der Waals surface area contributed by atoms with Gasteiger partial charge in [0.1, 0.15) is 0 Å². The second-order valence-electron chi connectivity index (χ2n) is 4.11. The molecule has 0 aliphatic carbocycles. The van der Waals surface area contributed by atoms with Crippen LogP contribution in [0.4, 0.5) is 0 Å². The highest BCUT2D eigenvalue weighted by atomic mass is 16.3. The number of furan rings is 1. The molecule has 0 aromatic carbocycles. The highest BCUT2D eigenvalue weighted by Crippen LogP contribution is 2.04. The van der Waals surface area contributed by atoms with Gasteiger partial charge in [-0.05, 0) is 19.2 Å². The van der Waals surface area contributed by atoms with Gasteiger partial charge in [-0.2, -0.15) is 0 Å². The standard InChI is InChI=1S/C12H18N2O3/c1-9(12(16)13-2)7-14(3)8-10(15)11-5-4-6-17-11/h4-6,9H,7-8H2,1-3H3,(H,13,16). The molecule has 1 heterocycles. The van der Waals surface area contributed by atoms with Crippen LogP contribution in [0.3, 0.4) is 0 Å². The van der Waals surface area contributed by atoms with Crippen LogP contribution in [0.1, 0.15) is 17.5 Å². The molecule has 0 saturated carbocycles. The SMILES string of the molecule is CNC(=O)C(C)CN(C)CC(=O)c1ccco1. The molecule has 1 aromatic rings. The van der Waals surface area contributed by atoms with Gasteiger partial charge < -0.3 is 9.73 Å². The summed E-state index contributed by atoms with van der Waals surface area (Å²) in [6.45, 7) is 2.60. The van der Waals surface area contributed by atoms with Crippen molar-refractivity contribution in [2.24, 2.45) is 5.92 Å². The average molecular weight is 238 g/mol. The van der Waals surface area contributed by atoms with Crippen molar-refractivity contribution < 1.29 is 14.0 Å². The summed E-state index contributed by atoms with van der Waals surface area (Å²) >= 11 is 0. The molecule has 1 unspecified atom stereocenters. The number of hydrogen-bond donors (Lipinski definition) is 1. The van der Waals surface area contributed by atoms with Crippen LogP contribution in [-0.4, -0.2) is 43.8 Å². The topological polar surface area (TPSA) is 62.6 Å². The van der Waals surface area contributed by atoms with E-state index in [0.29, 0.717) is 12.3 Å². The Morgan fingerprint density at radius 1 is 1.53 bits per heavy atom. The second kappa shape index (κ2) is 6.20. The Morgan fingerprint density at radius 3 is 2.76 bits per heavy atom. The third kappa shape index (κ3) is 4.03. The zero-order valence-electron chi connectivity index (χ0n) is 10.4. The third-order valence-electron chi connectivity index (χ3n) is 2.49. The van der Waals surface area contributed by atoms with Crippen molar-refractivity contribution in [2.45, 2.75) is 6.92 Å². The summed E-state index contributed by atoms with van der Waals surface area (Å²) in [5, 5.41) is 2.58. The maximum atomic E-state index is 11.7. The molecule has 0 radical (unpaired) electrons. The van der Waals surface area contributed by atoms with Crippen LogP contribution in [0.5, 0.6) is 0 Å². The van der Waals surface area contributed by atoms with Gasteiger partial charge in [-0.1, -0.05) is 6.92 Å². The van der Waals surface area contributed by atoms with E-state index in [1.165, 1.54) is 6.26 Å². The predicted molar refractivity (Wildman–Crippen MR) is 63.8 cm³/mol. The minimum Gasteiger partial charge on any atom is -0.461 e. The molecule has 0 aliphatic rings. The van der Waals surface area contributed by atoms with Crippen LogP contribution >= 0.6 is 0 Å². The molecule has 1 aromatic heterocycles. The van der Waals surface area contributed by atoms with Gasteiger partial charge in [0.2, 0.25) is 11.7 Å². The molecular weight excluding hydrogens is 220 g/mol. The number of nitrogens with one attached hydrogen (secondary N) is 1. The Kier molecular flexibility index (Phi) is 4.90. The first kappa shape index (κ1) is 13.4. The van der Waals surface area contributed by atoms with E-state index in [-0.39, 0.29) is 24.2 Å². The van der Waals surface area contributed by atoms with E-state index in [0.717, 1.165) is 0 Å². The molecule has 1 amide bonds. The number of amides is 1. The zero-order chi connectivity index (χ0) is 12.8. The molecule has 0 saturated heterocycles. The van der Waals surface area contributed by atoms with Gasteiger partial charge in [0.05, 0.1) is 12.8 Å². The van der Waals surface area contributed by atoms with Crippen molar-refractivity contribution in [2.75, 3.05) is 27.2 Å². The van der Waals surface area contributed by atoms with E-state index in [4.69, 9.17) is 4.42 Å². The van der Waals surface area contributed by atoms with Crippen molar-refractivity contribution in [1.29, 1.82) is 0 Å². The van der Waals surface area contributed by atoms with Gasteiger partial charge >= 0.3 is 0 Å². The smallest absolute Gasteiger partial charge is 0.223 e. The minimum absolute atomic E-state index is 0.0257. The largest absolute Gasteiger partial charge is 0.461 e. The van der Waals surface area contributed by atoms with E-state index >= 15 is 0 Å². The first-order valence-electron chi connectivity index (χ1n) is 5.51. The lowest BCUT2D eigenvalue weighted by Crippen LogP contribution is -2.36. The summed E-state index contributed by atoms with van der Waals surface area (Å²) in [6.07, 6.45) is 1.47. The fourth-order valence-corrected chi connectivity index (χ4v) is 1.62. The lowest BCUT2D eigenvalue weighted by atomic mass is 10.1. The quantitative estimate of drug-likeness (QED) is 0.744. The fraction of sp³-hybridized carbons (Fsp3) is 0.500. The molecule has 0 aliphatic heterocycles. The number of carbonyl (C=O) groups is 2. The highest BCUT2D eigenvalue weighted by Gasteiger charge is 2.17. The van der Waals surface area contributed by atoms with Crippen molar-refractivity contribution in [3.8, 4) is 0 Å². The second-order valence-corrected chi connectivity index (χ2v) is 4.11. The van der Waals surface area contributed by atoms with Crippen LogP contribution in [0, 0.1) is 5.92 Å². The van der Waals surface area contributed by atoms with Crippen molar-refractivity contribution in [1.82, 2.24) is 10.2 Å². The van der Waals surface area contributed by atoms with Crippen LogP contribution in [0.25, 0.3) is 0 Å². The van der Waals surface area contributed by atoms with Gasteiger partial charge in [0.25, 0.3) is 0 Å². The Labute approximate surface area is 101 Å². The monoisotopic (exact) mass is 238 g/mol. The van der Waals surface area contributed by atoms with E-state index in [9.17, 15) is 9.59 Å². The number of rotatable bonds is 6. The van der Waals surface area contributed by atoms with Crippen molar-refractivity contribution in [3.63, 3.8) is 0 Å². The molecule has 5 heteroatoms. The Bertz CT molecular complexity index is 373. The van der Waals surface area contributed by atoms with Crippen LogP contribution in [0.2, 0.25) is 0 Å². The Balaban J connectivity index is 2.42. The van der Waals surface area contributed by atoms with E-state index < -0.39 is 0 Å². The number of hydrogen-bond acceptors (Lipinski definition) is 4. The highest BCUT2D eigenvalue weighted by molar-refractivity contribution is 5.95. The lowest BCUT2D eigenvalue weighted by molar-refractivity contribution is -0.124. The molecule has 0 spiro atoms. The van der Waals surface area contributed by atoms with Crippen LogP contribution in [0.15, 0.2) is 22.8 Å². The molecule has 94 valence electrons. The first-order chi connectivity index (χ1) is 8.04. The Morgan fingerprint density at radius 2 is 2.24 bits per heavy atom. The minimum atomic E-state index is -0.144. The van der Waals surface area contributed by atoms with Crippen LogP contribution in [-0.2, 0) is 4.79 Å². The predicted octanol–water partition coefficient (Wildman–Crippen LogP) is 0.776. The van der Waals surface area contributed by atoms with Gasteiger partial charge in [0, 0.05) is 19.5 Å². The fourth-order valence-electron chi connectivity index (χ4n) is 1.62. The van der Waals surface area contributed by atoms with Gasteiger partial charge in [-0.25, -0.2) is 0 Å². The van der Waals surface area contributed by atoms with E-state index in [1.54, 1.807) is 26.2 Å². The molecule has 0 fully saturated rings. The normalized spacial score (nSPS) is 12.5. The number of carbonyl (C=O) groups excluding carboxylic acids is 2. The van der Waals surface area contributed by atoms with E-state index in [2.05, 4.69) is 5.32 Å². The molecule has 1 atom stereocenters. The first-order valence-corrected chi connectivity index (χ1v) is 5.51. The van der Waals surface area contributed by atoms with Gasteiger partial charge in [-0.15, -0.1) is 0 Å². The summed E-state index contributed by atoms with van der Waals surface area (Å²) in [4.78, 5) is 24.8.